The summed E-state index contributed by atoms with van der Waals surface area (Å²) in [6.07, 6.45) is 3.06. The molecular weight excluding hydrogens is 170 g/mol. The molecule has 0 radical (unpaired) electrons. The Hall–Kier alpha value is -1.36. The van der Waals surface area contributed by atoms with Crippen LogP contribution in [0.1, 0.15) is 20.3 Å². The lowest BCUT2D eigenvalue weighted by atomic mass is 10.0. The molecule has 0 aromatic carbocycles. The maximum absolute atomic E-state index is 11.3. The van der Waals surface area contributed by atoms with Gasteiger partial charge in [-0.1, -0.05) is 5.16 Å². The van der Waals surface area contributed by atoms with E-state index in [1.165, 1.54) is 12.5 Å². The van der Waals surface area contributed by atoms with Gasteiger partial charge in [0.2, 0.25) is 5.91 Å². The second-order valence-corrected chi connectivity index (χ2v) is 3.63. The molecule has 0 atom stereocenters. The summed E-state index contributed by atoms with van der Waals surface area (Å²) in [7, 11) is 0. The third kappa shape index (κ3) is 3.71. The molecule has 1 rings (SSSR count). The molecular formula is C8H13N3O2. The second-order valence-electron chi connectivity index (χ2n) is 3.63. The zero-order valence-corrected chi connectivity index (χ0v) is 7.70. The Bertz CT molecular complexity index is 274. The lowest BCUT2D eigenvalue weighted by Crippen LogP contribution is -2.36. The summed E-state index contributed by atoms with van der Waals surface area (Å²) in [6.45, 7) is 3.58. The highest BCUT2D eigenvalue weighted by Gasteiger charge is 2.16. The molecule has 0 bridgehead atoms. The third-order valence-corrected chi connectivity index (χ3v) is 1.33. The van der Waals surface area contributed by atoms with Crippen molar-refractivity contribution in [1.29, 1.82) is 0 Å². The van der Waals surface area contributed by atoms with E-state index in [1.807, 2.05) is 0 Å². The Kier molecular flexibility index (Phi) is 2.67. The topological polar surface area (TPSA) is 81.2 Å². The van der Waals surface area contributed by atoms with Gasteiger partial charge < -0.3 is 15.6 Å². The molecule has 3 N–H and O–H groups in total. The molecule has 1 amide bonds. The number of nitrogens with one attached hydrogen (secondary N) is 1. The van der Waals surface area contributed by atoms with Crippen molar-refractivity contribution in [2.75, 3.05) is 5.32 Å². The van der Waals surface area contributed by atoms with Crippen LogP contribution in [0.3, 0.4) is 0 Å². The zero-order chi connectivity index (χ0) is 9.90. The number of nitrogens with two attached hydrogens (primary N) is 1. The van der Waals surface area contributed by atoms with E-state index in [9.17, 15) is 4.79 Å². The van der Waals surface area contributed by atoms with E-state index in [-0.39, 0.29) is 12.3 Å². The van der Waals surface area contributed by atoms with Crippen molar-refractivity contribution < 1.29 is 9.32 Å². The van der Waals surface area contributed by atoms with Crippen LogP contribution in [0.5, 0.6) is 0 Å². The molecule has 13 heavy (non-hydrogen) atoms. The highest BCUT2D eigenvalue weighted by atomic mass is 16.5. The number of anilines is 1. The fraction of sp³-hybridized carbons (Fsp3) is 0.500. The van der Waals surface area contributed by atoms with E-state index >= 15 is 0 Å². The van der Waals surface area contributed by atoms with Crippen LogP contribution < -0.4 is 11.1 Å². The van der Waals surface area contributed by atoms with Crippen molar-refractivity contribution in [3.05, 3.63) is 12.5 Å². The van der Waals surface area contributed by atoms with Gasteiger partial charge in [-0.25, -0.2) is 0 Å². The van der Waals surface area contributed by atoms with Crippen molar-refractivity contribution >= 4 is 11.6 Å². The third-order valence-electron chi connectivity index (χ3n) is 1.33. The SMILES string of the molecule is CC(C)(N)CC(=O)Nc1cnoc1. The first kappa shape index (κ1) is 9.73. The first-order chi connectivity index (χ1) is 5.97. The van der Waals surface area contributed by atoms with Crippen molar-refractivity contribution in [2.24, 2.45) is 5.73 Å². The summed E-state index contributed by atoms with van der Waals surface area (Å²) in [5.74, 6) is -0.143. The molecule has 0 aliphatic rings. The molecule has 1 aromatic rings. The summed E-state index contributed by atoms with van der Waals surface area (Å²) in [6, 6.07) is 0. The Morgan fingerprint density at radius 1 is 1.77 bits per heavy atom. The van der Waals surface area contributed by atoms with E-state index in [4.69, 9.17) is 5.73 Å². The van der Waals surface area contributed by atoms with Gasteiger partial charge >= 0.3 is 0 Å². The molecule has 0 aliphatic heterocycles. The fourth-order valence-electron chi connectivity index (χ4n) is 0.886. The molecule has 0 fully saturated rings. The van der Waals surface area contributed by atoms with Crippen LogP contribution in [0.4, 0.5) is 5.69 Å². The molecule has 0 saturated carbocycles. The van der Waals surface area contributed by atoms with E-state index in [2.05, 4.69) is 15.0 Å². The van der Waals surface area contributed by atoms with Gasteiger partial charge in [0.05, 0.1) is 6.20 Å². The number of amides is 1. The number of rotatable bonds is 3. The number of aromatic nitrogens is 1. The Morgan fingerprint density at radius 3 is 2.92 bits per heavy atom. The molecule has 5 heteroatoms. The molecule has 0 aliphatic carbocycles. The first-order valence-electron chi connectivity index (χ1n) is 3.95. The summed E-state index contributed by atoms with van der Waals surface area (Å²) in [5.41, 5.74) is 5.72. The van der Waals surface area contributed by atoms with E-state index in [0.29, 0.717) is 5.69 Å². The van der Waals surface area contributed by atoms with Gasteiger partial charge in [0.25, 0.3) is 0 Å². The van der Waals surface area contributed by atoms with Crippen LogP contribution in [0.15, 0.2) is 17.0 Å². The van der Waals surface area contributed by atoms with Crippen LogP contribution in [-0.4, -0.2) is 16.6 Å². The maximum Gasteiger partial charge on any atom is 0.226 e. The lowest BCUT2D eigenvalue weighted by molar-refractivity contribution is -0.117. The second kappa shape index (κ2) is 3.57. The van der Waals surface area contributed by atoms with Crippen LogP contribution >= 0.6 is 0 Å². The Morgan fingerprint density at radius 2 is 2.46 bits per heavy atom. The van der Waals surface area contributed by atoms with Gasteiger partial charge in [0.1, 0.15) is 12.0 Å². The summed E-state index contributed by atoms with van der Waals surface area (Å²) >= 11 is 0. The van der Waals surface area contributed by atoms with Gasteiger partial charge in [-0.05, 0) is 13.8 Å². The number of carbonyl (C=O) groups excluding carboxylic acids is 1. The number of hydrogen-bond donors (Lipinski definition) is 2. The summed E-state index contributed by atoms with van der Waals surface area (Å²) in [4.78, 5) is 11.3. The molecule has 0 saturated heterocycles. The number of hydrogen-bond acceptors (Lipinski definition) is 4. The van der Waals surface area contributed by atoms with E-state index in [0.717, 1.165) is 0 Å². The Balaban J connectivity index is 2.43. The largest absolute Gasteiger partial charge is 0.363 e. The van der Waals surface area contributed by atoms with Crippen molar-refractivity contribution in [3.8, 4) is 0 Å². The minimum atomic E-state index is -0.499. The molecule has 5 nitrogen and oxygen atoms in total. The molecule has 72 valence electrons. The molecule has 0 spiro atoms. The fourth-order valence-corrected chi connectivity index (χ4v) is 0.886. The quantitative estimate of drug-likeness (QED) is 0.724. The average Bonchev–Trinajstić information content (AvgIpc) is 2.34. The standard InChI is InChI=1S/C8H13N3O2/c1-8(2,9)3-7(12)11-6-4-10-13-5-6/h4-5H,3,9H2,1-2H3,(H,11,12). The lowest BCUT2D eigenvalue weighted by Gasteiger charge is -2.16. The van der Waals surface area contributed by atoms with Gasteiger partial charge in [-0.2, -0.15) is 0 Å². The van der Waals surface area contributed by atoms with Gasteiger partial charge in [0, 0.05) is 12.0 Å². The molecule has 1 aromatic heterocycles. The minimum Gasteiger partial charge on any atom is -0.363 e. The van der Waals surface area contributed by atoms with Gasteiger partial charge in [0.15, 0.2) is 0 Å². The summed E-state index contributed by atoms with van der Waals surface area (Å²) < 4.78 is 4.55. The van der Waals surface area contributed by atoms with E-state index < -0.39 is 5.54 Å². The average molecular weight is 183 g/mol. The normalized spacial score (nSPS) is 11.3. The Labute approximate surface area is 76.3 Å². The van der Waals surface area contributed by atoms with Crippen LogP contribution in [0.25, 0.3) is 0 Å². The summed E-state index contributed by atoms with van der Waals surface area (Å²) in [5, 5.41) is 6.05. The van der Waals surface area contributed by atoms with E-state index in [1.54, 1.807) is 13.8 Å². The number of carbonyl (C=O) groups is 1. The monoisotopic (exact) mass is 183 g/mol. The van der Waals surface area contributed by atoms with Gasteiger partial charge in [-0.3, -0.25) is 4.79 Å². The van der Waals surface area contributed by atoms with Crippen LogP contribution in [0, 0.1) is 0 Å². The maximum atomic E-state index is 11.3. The minimum absolute atomic E-state index is 0.143. The molecule has 1 heterocycles. The predicted molar refractivity (Wildman–Crippen MR) is 48.0 cm³/mol. The van der Waals surface area contributed by atoms with Crippen molar-refractivity contribution in [2.45, 2.75) is 25.8 Å². The highest BCUT2D eigenvalue weighted by Crippen LogP contribution is 2.08. The molecule has 0 unspecified atom stereocenters. The van der Waals surface area contributed by atoms with Crippen molar-refractivity contribution in [1.82, 2.24) is 5.16 Å². The van der Waals surface area contributed by atoms with Crippen LogP contribution in [0.2, 0.25) is 0 Å². The number of nitrogens with zero attached hydrogens (tertiary/aromatic N) is 1. The zero-order valence-electron chi connectivity index (χ0n) is 7.70. The van der Waals surface area contributed by atoms with Crippen molar-refractivity contribution in [3.63, 3.8) is 0 Å². The van der Waals surface area contributed by atoms with Gasteiger partial charge in [-0.15, -0.1) is 0 Å². The first-order valence-corrected chi connectivity index (χ1v) is 3.95. The smallest absolute Gasteiger partial charge is 0.226 e. The predicted octanol–water partition coefficient (Wildman–Crippen LogP) is 0.740. The van der Waals surface area contributed by atoms with Crippen LogP contribution in [-0.2, 0) is 4.79 Å². The highest BCUT2D eigenvalue weighted by molar-refractivity contribution is 5.90.